The van der Waals surface area contributed by atoms with E-state index < -0.39 is 0 Å². The average Bonchev–Trinajstić information content (AvgIpc) is 2.85. The fourth-order valence-electron chi connectivity index (χ4n) is 3.93. The molecule has 0 aliphatic carbocycles. The maximum absolute atomic E-state index is 13.2. The summed E-state index contributed by atoms with van der Waals surface area (Å²) in [6.07, 6.45) is 0. The predicted octanol–water partition coefficient (Wildman–Crippen LogP) is 5.34. The molecule has 3 aromatic rings. The van der Waals surface area contributed by atoms with Gasteiger partial charge >= 0.3 is 0 Å². The molecule has 32 heavy (non-hydrogen) atoms. The van der Waals surface area contributed by atoms with E-state index >= 15 is 0 Å². The molecule has 1 aliphatic rings. The monoisotopic (exact) mass is 446 g/mol. The summed E-state index contributed by atoms with van der Waals surface area (Å²) in [6, 6.07) is 26.7. The van der Waals surface area contributed by atoms with Gasteiger partial charge in [0.15, 0.2) is 0 Å². The molecule has 3 aromatic carbocycles. The number of hydrogen-bond donors (Lipinski definition) is 0. The van der Waals surface area contributed by atoms with Gasteiger partial charge in [-0.15, -0.1) is 11.8 Å². The Morgan fingerprint density at radius 1 is 0.906 bits per heavy atom. The first-order valence-electron chi connectivity index (χ1n) is 11.2. The highest BCUT2D eigenvalue weighted by atomic mass is 32.2. The molecule has 0 unspecified atom stereocenters. The van der Waals surface area contributed by atoms with Crippen molar-refractivity contribution in [3.63, 3.8) is 0 Å². The molecule has 166 valence electrons. The second-order valence-electron chi connectivity index (χ2n) is 7.91. The van der Waals surface area contributed by atoms with Gasteiger partial charge in [-0.1, -0.05) is 48.5 Å². The van der Waals surface area contributed by atoms with Crippen molar-refractivity contribution in [1.29, 1.82) is 0 Å². The smallest absolute Gasteiger partial charge is 0.253 e. The number of nitrogens with zero attached hydrogens (tertiary/aromatic N) is 2. The van der Waals surface area contributed by atoms with Crippen LogP contribution in [0.2, 0.25) is 0 Å². The molecule has 1 amide bonds. The third-order valence-electron chi connectivity index (χ3n) is 5.65. The lowest BCUT2D eigenvalue weighted by atomic mass is 10.1. The molecule has 4 nitrogen and oxygen atoms in total. The van der Waals surface area contributed by atoms with Crippen LogP contribution in [0.1, 0.15) is 28.4 Å². The third-order valence-corrected chi connectivity index (χ3v) is 6.71. The van der Waals surface area contributed by atoms with Gasteiger partial charge in [-0.05, 0) is 42.8 Å². The fourth-order valence-corrected chi connectivity index (χ4v) is 4.83. The fraction of sp³-hybridized carbons (Fsp3) is 0.296. The molecule has 0 aromatic heterocycles. The molecule has 4 rings (SSSR count). The van der Waals surface area contributed by atoms with Crippen molar-refractivity contribution in [2.75, 3.05) is 32.8 Å². The Morgan fingerprint density at radius 2 is 1.59 bits per heavy atom. The summed E-state index contributed by atoms with van der Waals surface area (Å²) in [5, 5.41) is 0. The summed E-state index contributed by atoms with van der Waals surface area (Å²) >= 11 is 1.76. The van der Waals surface area contributed by atoms with Crippen LogP contribution in [0.5, 0.6) is 5.75 Å². The Kier molecular flexibility index (Phi) is 7.86. The SMILES string of the molecule is CCOc1ccc(C(=O)N2CCN(Cc3ccccc3)CC2)cc1CSc1ccccc1. The molecule has 0 spiro atoms. The van der Waals surface area contributed by atoms with Crippen LogP contribution in [0, 0.1) is 0 Å². The Bertz CT molecular complexity index is 1000. The average molecular weight is 447 g/mol. The van der Waals surface area contributed by atoms with E-state index in [1.165, 1.54) is 10.5 Å². The standard InChI is InChI=1S/C27H30N2O2S/c1-2-31-26-14-13-23(19-24(26)21-32-25-11-7-4-8-12-25)27(30)29-17-15-28(16-18-29)20-22-9-5-3-6-10-22/h3-14,19H,2,15-18,20-21H2,1H3. The minimum Gasteiger partial charge on any atom is -0.494 e. The highest BCUT2D eigenvalue weighted by Crippen LogP contribution is 2.29. The first-order chi connectivity index (χ1) is 15.7. The zero-order valence-electron chi connectivity index (χ0n) is 18.6. The van der Waals surface area contributed by atoms with E-state index in [1.807, 2.05) is 54.3 Å². The summed E-state index contributed by atoms with van der Waals surface area (Å²) in [4.78, 5) is 18.8. The molecular formula is C27H30N2O2S. The highest BCUT2D eigenvalue weighted by Gasteiger charge is 2.23. The van der Waals surface area contributed by atoms with E-state index in [0.29, 0.717) is 6.61 Å². The summed E-state index contributed by atoms with van der Waals surface area (Å²) in [6.45, 7) is 6.84. The lowest BCUT2D eigenvalue weighted by Gasteiger charge is -2.35. The Labute approximate surface area is 195 Å². The van der Waals surface area contributed by atoms with E-state index in [0.717, 1.165) is 55.4 Å². The largest absolute Gasteiger partial charge is 0.494 e. The molecule has 0 bridgehead atoms. The number of piperazine rings is 1. The van der Waals surface area contributed by atoms with Gasteiger partial charge in [0.1, 0.15) is 5.75 Å². The molecular weight excluding hydrogens is 416 g/mol. The van der Waals surface area contributed by atoms with Crippen molar-refractivity contribution >= 4 is 17.7 Å². The number of carbonyl (C=O) groups excluding carboxylic acids is 1. The second kappa shape index (κ2) is 11.2. The number of rotatable bonds is 8. The minimum absolute atomic E-state index is 0.110. The van der Waals surface area contributed by atoms with Crippen molar-refractivity contribution in [2.24, 2.45) is 0 Å². The van der Waals surface area contributed by atoms with Gasteiger partial charge in [0.25, 0.3) is 5.91 Å². The van der Waals surface area contributed by atoms with Gasteiger partial charge in [-0.3, -0.25) is 9.69 Å². The van der Waals surface area contributed by atoms with Gasteiger partial charge in [0.05, 0.1) is 6.61 Å². The maximum atomic E-state index is 13.2. The normalized spacial score (nSPS) is 14.3. The third kappa shape index (κ3) is 5.93. The van der Waals surface area contributed by atoms with Crippen molar-refractivity contribution < 1.29 is 9.53 Å². The number of benzene rings is 3. The zero-order chi connectivity index (χ0) is 22.2. The number of thioether (sulfide) groups is 1. The van der Waals surface area contributed by atoms with Crippen LogP contribution < -0.4 is 4.74 Å². The maximum Gasteiger partial charge on any atom is 0.253 e. The van der Waals surface area contributed by atoms with E-state index in [9.17, 15) is 4.79 Å². The van der Waals surface area contributed by atoms with E-state index in [1.54, 1.807) is 11.8 Å². The van der Waals surface area contributed by atoms with Crippen LogP contribution in [0.15, 0.2) is 83.8 Å². The van der Waals surface area contributed by atoms with E-state index in [-0.39, 0.29) is 5.91 Å². The summed E-state index contributed by atoms with van der Waals surface area (Å²) in [7, 11) is 0. The van der Waals surface area contributed by atoms with Gasteiger partial charge < -0.3 is 9.64 Å². The van der Waals surface area contributed by atoms with Gasteiger partial charge in [0, 0.05) is 54.5 Å². The Morgan fingerprint density at radius 3 is 2.28 bits per heavy atom. The molecule has 5 heteroatoms. The van der Waals surface area contributed by atoms with Crippen LogP contribution in [0.25, 0.3) is 0 Å². The summed E-state index contributed by atoms with van der Waals surface area (Å²) in [5.41, 5.74) is 3.13. The number of amides is 1. The first kappa shape index (κ1) is 22.4. The van der Waals surface area contributed by atoms with Crippen LogP contribution in [-0.4, -0.2) is 48.5 Å². The predicted molar refractivity (Wildman–Crippen MR) is 131 cm³/mol. The summed E-state index contributed by atoms with van der Waals surface area (Å²) in [5.74, 6) is 1.74. The molecule has 1 heterocycles. The van der Waals surface area contributed by atoms with Crippen molar-refractivity contribution in [3.05, 3.63) is 95.6 Å². The quantitative estimate of drug-likeness (QED) is 0.438. The minimum atomic E-state index is 0.110. The molecule has 0 radical (unpaired) electrons. The number of hydrogen-bond acceptors (Lipinski definition) is 4. The molecule has 1 fully saturated rings. The molecule has 1 saturated heterocycles. The Hall–Kier alpha value is -2.76. The topological polar surface area (TPSA) is 32.8 Å². The molecule has 0 N–H and O–H groups in total. The zero-order valence-corrected chi connectivity index (χ0v) is 19.4. The first-order valence-corrected chi connectivity index (χ1v) is 12.2. The van der Waals surface area contributed by atoms with Crippen LogP contribution >= 0.6 is 11.8 Å². The van der Waals surface area contributed by atoms with Crippen LogP contribution in [-0.2, 0) is 12.3 Å². The summed E-state index contributed by atoms with van der Waals surface area (Å²) < 4.78 is 5.83. The van der Waals surface area contributed by atoms with Crippen molar-refractivity contribution in [2.45, 2.75) is 24.1 Å². The van der Waals surface area contributed by atoms with Crippen LogP contribution in [0.4, 0.5) is 0 Å². The number of ether oxygens (including phenoxy) is 1. The number of carbonyl (C=O) groups is 1. The second-order valence-corrected chi connectivity index (χ2v) is 8.96. The van der Waals surface area contributed by atoms with E-state index in [2.05, 4.69) is 41.3 Å². The molecule has 1 aliphatic heterocycles. The molecule has 0 saturated carbocycles. The van der Waals surface area contributed by atoms with Crippen molar-refractivity contribution in [3.8, 4) is 5.75 Å². The van der Waals surface area contributed by atoms with Crippen LogP contribution in [0.3, 0.4) is 0 Å². The van der Waals surface area contributed by atoms with Crippen molar-refractivity contribution in [1.82, 2.24) is 9.80 Å². The lowest BCUT2D eigenvalue weighted by Crippen LogP contribution is -2.48. The van der Waals surface area contributed by atoms with Gasteiger partial charge in [-0.2, -0.15) is 0 Å². The lowest BCUT2D eigenvalue weighted by molar-refractivity contribution is 0.0628. The van der Waals surface area contributed by atoms with Gasteiger partial charge in [0.2, 0.25) is 0 Å². The highest BCUT2D eigenvalue weighted by molar-refractivity contribution is 7.98. The van der Waals surface area contributed by atoms with Gasteiger partial charge in [-0.25, -0.2) is 0 Å². The molecule has 0 atom stereocenters. The Balaban J connectivity index is 1.39. The van der Waals surface area contributed by atoms with E-state index in [4.69, 9.17) is 4.74 Å².